The Hall–Kier alpha value is -2.73. The first kappa shape index (κ1) is 18.3. The summed E-state index contributed by atoms with van der Waals surface area (Å²) in [6.07, 6.45) is 10.8. The van der Waals surface area contributed by atoms with Gasteiger partial charge in [0.05, 0.1) is 30.0 Å². The van der Waals surface area contributed by atoms with Gasteiger partial charge in [-0.2, -0.15) is 0 Å². The molecule has 6 heteroatoms. The van der Waals surface area contributed by atoms with Gasteiger partial charge in [0.1, 0.15) is 0 Å². The Bertz CT molecular complexity index is 965. The van der Waals surface area contributed by atoms with Gasteiger partial charge in [-0.25, -0.2) is 0 Å². The van der Waals surface area contributed by atoms with Crippen LogP contribution in [0.2, 0.25) is 0 Å². The van der Waals surface area contributed by atoms with Crippen LogP contribution in [0.25, 0.3) is 0 Å². The highest BCUT2D eigenvalue weighted by Gasteiger charge is 2.44. The van der Waals surface area contributed by atoms with Crippen molar-refractivity contribution in [2.45, 2.75) is 50.4 Å². The molecule has 1 saturated heterocycles. The largest absolute Gasteiger partial charge is 0.352 e. The first-order valence-corrected chi connectivity index (χ1v) is 10.8. The number of nitrogens with one attached hydrogen (secondary N) is 1. The van der Waals surface area contributed by atoms with Crippen molar-refractivity contribution < 1.29 is 0 Å². The van der Waals surface area contributed by atoms with Crippen LogP contribution in [-0.2, 0) is 6.54 Å². The van der Waals surface area contributed by atoms with Crippen molar-refractivity contribution in [1.82, 2.24) is 24.8 Å². The van der Waals surface area contributed by atoms with Crippen LogP contribution in [0.1, 0.15) is 54.8 Å². The first-order valence-electron chi connectivity index (χ1n) is 10.4. The Morgan fingerprint density at radius 1 is 0.966 bits per heavy atom. The number of hydrogen-bond acceptors (Lipinski definition) is 3. The number of hydrogen-bond donors (Lipinski definition) is 1. The fourth-order valence-corrected chi connectivity index (χ4v) is 5.15. The third kappa shape index (κ3) is 3.53. The van der Waals surface area contributed by atoms with Crippen LogP contribution in [0, 0.1) is 0 Å². The summed E-state index contributed by atoms with van der Waals surface area (Å²) < 4.78 is 2.31. The summed E-state index contributed by atoms with van der Waals surface area (Å²) >= 11 is 5.84. The predicted octanol–water partition coefficient (Wildman–Crippen LogP) is 4.24. The topological polar surface area (TPSA) is 46.0 Å². The number of rotatable bonds is 5. The number of aromatic nitrogens is 3. The number of pyridine rings is 2. The molecule has 0 bridgehead atoms. The highest BCUT2D eigenvalue weighted by molar-refractivity contribution is 7.80. The Labute approximate surface area is 176 Å². The van der Waals surface area contributed by atoms with E-state index in [1.807, 2.05) is 30.6 Å². The molecule has 2 fully saturated rings. The lowest BCUT2D eigenvalue weighted by atomic mass is 9.99. The Morgan fingerprint density at radius 2 is 1.76 bits per heavy atom. The van der Waals surface area contributed by atoms with Gasteiger partial charge in [-0.1, -0.05) is 25.0 Å². The molecule has 3 aromatic heterocycles. The van der Waals surface area contributed by atoms with Crippen LogP contribution in [-0.4, -0.2) is 30.6 Å². The zero-order chi connectivity index (χ0) is 19.6. The molecule has 4 heterocycles. The summed E-state index contributed by atoms with van der Waals surface area (Å²) in [5.74, 6) is 0. The second-order valence-electron chi connectivity index (χ2n) is 7.85. The van der Waals surface area contributed by atoms with Crippen molar-refractivity contribution in [1.29, 1.82) is 0 Å². The van der Waals surface area contributed by atoms with E-state index in [-0.39, 0.29) is 12.1 Å². The second kappa shape index (κ2) is 7.95. The molecule has 1 N–H and O–H groups in total. The smallest absolute Gasteiger partial charge is 0.170 e. The van der Waals surface area contributed by atoms with Crippen LogP contribution in [0.4, 0.5) is 0 Å². The van der Waals surface area contributed by atoms with Crippen LogP contribution in [0.5, 0.6) is 0 Å². The van der Waals surface area contributed by atoms with Gasteiger partial charge in [-0.05, 0) is 61.5 Å². The summed E-state index contributed by atoms with van der Waals surface area (Å²) in [5, 5.41) is 4.44. The molecule has 0 unspecified atom stereocenters. The molecule has 2 aliphatic rings. The third-order valence-electron chi connectivity index (χ3n) is 6.08. The van der Waals surface area contributed by atoms with Crippen molar-refractivity contribution in [2.24, 2.45) is 0 Å². The zero-order valence-electron chi connectivity index (χ0n) is 16.3. The van der Waals surface area contributed by atoms with Gasteiger partial charge in [0.25, 0.3) is 0 Å². The van der Waals surface area contributed by atoms with E-state index in [1.165, 1.54) is 31.4 Å². The standard InChI is InChI=1S/C23H25N5S/c29-23-26-21(19-11-4-6-14-25-19)22(28(23)18-9-1-2-10-18)20-12-7-15-27(20)16-17-8-3-5-13-24-17/h3-8,11-15,18,21-22H,1-2,9-10,16H2,(H,26,29)/t21-,22+/m0/s1. The summed E-state index contributed by atoms with van der Waals surface area (Å²) in [6, 6.07) is 17.2. The molecule has 1 aliphatic heterocycles. The van der Waals surface area contributed by atoms with E-state index >= 15 is 0 Å². The van der Waals surface area contributed by atoms with Crippen LogP contribution in [0.3, 0.4) is 0 Å². The predicted molar refractivity (Wildman–Crippen MR) is 117 cm³/mol. The van der Waals surface area contributed by atoms with Gasteiger partial charge < -0.3 is 14.8 Å². The highest BCUT2D eigenvalue weighted by Crippen LogP contribution is 2.42. The maximum atomic E-state index is 5.84. The summed E-state index contributed by atoms with van der Waals surface area (Å²) in [4.78, 5) is 11.6. The minimum atomic E-state index is 0.0432. The highest BCUT2D eigenvalue weighted by atomic mass is 32.1. The monoisotopic (exact) mass is 403 g/mol. The maximum Gasteiger partial charge on any atom is 0.170 e. The molecule has 5 nitrogen and oxygen atoms in total. The number of nitrogens with zero attached hydrogens (tertiary/aromatic N) is 4. The van der Waals surface area contributed by atoms with Crippen molar-refractivity contribution in [3.63, 3.8) is 0 Å². The van der Waals surface area contributed by atoms with E-state index in [4.69, 9.17) is 12.2 Å². The van der Waals surface area contributed by atoms with Crippen molar-refractivity contribution in [2.75, 3.05) is 0 Å². The van der Waals surface area contributed by atoms with E-state index in [0.29, 0.717) is 6.04 Å². The first-order chi connectivity index (χ1) is 14.3. The third-order valence-corrected chi connectivity index (χ3v) is 6.41. The molecule has 5 rings (SSSR count). The van der Waals surface area contributed by atoms with E-state index in [1.54, 1.807) is 0 Å². The lowest BCUT2D eigenvalue weighted by Crippen LogP contribution is -2.38. The molecule has 148 valence electrons. The van der Waals surface area contributed by atoms with Gasteiger partial charge >= 0.3 is 0 Å². The fourth-order valence-electron chi connectivity index (χ4n) is 4.76. The molecule has 2 atom stereocenters. The van der Waals surface area contributed by atoms with Crippen LogP contribution < -0.4 is 5.32 Å². The van der Waals surface area contributed by atoms with Crippen molar-refractivity contribution in [3.05, 3.63) is 84.2 Å². The van der Waals surface area contributed by atoms with Crippen LogP contribution in [0.15, 0.2) is 67.1 Å². The second-order valence-corrected chi connectivity index (χ2v) is 8.24. The van der Waals surface area contributed by atoms with Gasteiger partial charge in [0.2, 0.25) is 0 Å². The van der Waals surface area contributed by atoms with E-state index < -0.39 is 0 Å². The maximum absolute atomic E-state index is 5.84. The van der Waals surface area contributed by atoms with Gasteiger partial charge in [-0.15, -0.1) is 0 Å². The van der Waals surface area contributed by atoms with Crippen molar-refractivity contribution in [3.8, 4) is 0 Å². The zero-order valence-corrected chi connectivity index (χ0v) is 17.1. The lowest BCUT2D eigenvalue weighted by molar-refractivity contribution is 0.237. The normalized spacial score (nSPS) is 22.2. The summed E-state index contributed by atoms with van der Waals surface area (Å²) in [7, 11) is 0. The van der Waals surface area contributed by atoms with E-state index in [0.717, 1.165) is 23.0 Å². The average molecular weight is 404 g/mol. The molecular formula is C23H25N5S. The molecule has 29 heavy (non-hydrogen) atoms. The Balaban J connectivity index is 1.55. The molecular weight excluding hydrogens is 378 g/mol. The quantitative estimate of drug-likeness (QED) is 0.646. The summed E-state index contributed by atoms with van der Waals surface area (Å²) in [5.41, 5.74) is 3.34. The molecule has 0 spiro atoms. The molecule has 1 aliphatic carbocycles. The minimum absolute atomic E-state index is 0.0432. The summed E-state index contributed by atoms with van der Waals surface area (Å²) in [6.45, 7) is 0.750. The molecule has 3 aromatic rings. The Kier molecular flexibility index (Phi) is 5.02. The van der Waals surface area contributed by atoms with Gasteiger partial charge in [0, 0.05) is 30.3 Å². The van der Waals surface area contributed by atoms with E-state index in [2.05, 4.69) is 61.3 Å². The van der Waals surface area contributed by atoms with E-state index in [9.17, 15) is 0 Å². The lowest BCUT2D eigenvalue weighted by Gasteiger charge is -2.33. The molecule has 1 saturated carbocycles. The van der Waals surface area contributed by atoms with Crippen LogP contribution >= 0.6 is 12.2 Å². The van der Waals surface area contributed by atoms with Crippen molar-refractivity contribution >= 4 is 17.3 Å². The minimum Gasteiger partial charge on any atom is -0.352 e. The molecule has 0 aromatic carbocycles. The van der Waals surface area contributed by atoms with Gasteiger partial charge in [-0.3, -0.25) is 9.97 Å². The number of thiocarbonyl (C=S) groups is 1. The molecule has 0 radical (unpaired) electrons. The molecule has 0 amide bonds. The Morgan fingerprint density at radius 3 is 2.48 bits per heavy atom. The fraction of sp³-hybridized carbons (Fsp3) is 0.348. The van der Waals surface area contributed by atoms with Gasteiger partial charge in [0.15, 0.2) is 5.11 Å². The SMILES string of the molecule is S=C1N[C@@H](c2ccccn2)[C@@H](c2cccn2Cc2ccccn2)N1C1CCCC1. The average Bonchev–Trinajstić information content (AvgIpc) is 3.49.